The monoisotopic (exact) mass is 630 g/mol. The maximum absolute atomic E-state index is 13.4. The molecule has 6 heterocycles. The maximum Gasteiger partial charge on any atom is 0.284 e. The number of hydrazone groups is 2. The maximum atomic E-state index is 13.4. The average Bonchev–Trinajstić information content (AvgIpc) is 3.74. The van der Waals surface area contributed by atoms with E-state index in [2.05, 4.69) is 20.2 Å². The van der Waals surface area contributed by atoms with Crippen molar-refractivity contribution in [1.29, 1.82) is 0 Å². The summed E-state index contributed by atoms with van der Waals surface area (Å²) in [6.45, 7) is 0. The summed E-state index contributed by atoms with van der Waals surface area (Å²) in [6.07, 6.45) is 3.05. The number of primary amides is 2. The highest BCUT2D eigenvalue weighted by Gasteiger charge is 2.42. The van der Waals surface area contributed by atoms with Crippen molar-refractivity contribution in [3.8, 4) is 0 Å². The van der Waals surface area contributed by atoms with E-state index in [1.54, 1.807) is 36.4 Å². The quantitative estimate of drug-likeness (QED) is 0.407. The molecular formula is C26H14N8O4S4. The van der Waals surface area contributed by atoms with Gasteiger partial charge in [-0.1, -0.05) is 59.2 Å². The number of fused-ring (bicyclic) bond motifs is 2. The first-order valence-corrected chi connectivity index (χ1v) is 15.2. The van der Waals surface area contributed by atoms with Crippen molar-refractivity contribution in [2.45, 2.75) is 19.6 Å². The zero-order chi connectivity index (χ0) is 29.1. The molecule has 4 amide bonds. The lowest BCUT2D eigenvalue weighted by atomic mass is 10.2. The summed E-state index contributed by atoms with van der Waals surface area (Å²) in [5.41, 5.74) is 11.2. The standard InChI is InChI=1S/C26H14N8O4S4/c27-21(35)19-17(23(37)33(31-19)15-5-1-3-7-29-15)25-39-11-9-13-14(10-12(11)40-25)42-26(41-13)18-20(22(28)36)32-34(24(18)38)16-6-2-4-8-30-16/h1-10H,(H2,27,35)(H2,28,36). The zero-order valence-electron chi connectivity index (χ0n) is 20.9. The van der Waals surface area contributed by atoms with E-state index in [-0.39, 0.29) is 34.2 Å². The van der Waals surface area contributed by atoms with Crippen molar-refractivity contribution in [3.05, 3.63) is 80.5 Å². The molecule has 4 N–H and O–H groups in total. The van der Waals surface area contributed by atoms with Crippen LogP contribution < -0.4 is 21.5 Å². The van der Waals surface area contributed by atoms with Crippen LogP contribution in [0.2, 0.25) is 0 Å². The molecule has 206 valence electrons. The molecule has 4 aliphatic heterocycles. The Hall–Kier alpha value is -4.38. The van der Waals surface area contributed by atoms with Gasteiger partial charge in [0, 0.05) is 32.0 Å². The molecule has 0 radical (unpaired) electrons. The van der Waals surface area contributed by atoms with Gasteiger partial charge < -0.3 is 11.5 Å². The molecule has 0 saturated carbocycles. The van der Waals surface area contributed by atoms with Crippen molar-refractivity contribution in [1.82, 2.24) is 9.97 Å². The van der Waals surface area contributed by atoms with E-state index in [0.29, 0.717) is 8.47 Å². The molecule has 1 aromatic carbocycles. The third kappa shape index (κ3) is 4.30. The second kappa shape index (κ2) is 10.2. The third-order valence-electron chi connectivity index (χ3n) is 6.11. The molecule has 0 unspecified atom stereocenters. The summed E-state index contributed by atoms with van der Waals surface area (Å²) >= 11 is 5.30. The summed E-state index contributed by atoms with van der Waals surface area (Å²) in [5.74, 6) is -2.08. The second-order valence-electron chi connectivity index (χ2n) is 8.71. The zero-order valence-corrected chi connectivity index (χ0v) is 24.1. The number of nitrogens with zero attached hydrogens (tertiary/aromatic N) is 6. The fourth-order valence-corrected chi connectivity index (χ4v) is 9.62. The van der Waals surface area contributed by atoms with Gasteiger partial charge in [0.05, 0.1) is 19.6 Å². The van der Waals surface area contributed by atoms with Crippen molar-refractivity contribution in [2.75, 3.05) is 10.0 Å². The van der Waals surface area contributed by atoms with Gasteiger partial charge in [0.15, 0.2) is 23.1 Å². The SMILES string of the molecule is NC(=O)C1=NN(c2ccccn2)C(=O)C1=C1Sc2cc3c(cc2S1)SC(=C1C(=O)N(c2ccccn2)N=C1C(N)=O)S3. The highest BCUT2D eigenvalue weighted by molar-refractivity contribution is 8.25. The lowest BCUT2D eigenvalue weighted by Gasteiger charge is -2.10. The van der Waals surface area contributed by atoms with Gasteiger partial charge in [-0.05, 0) is 36.4 Å². The van der Waals surface area contributed by atoms with Crippen LogP contribution in [-0.4, -0.2) is 45.0 Å². The van der Waals surface area contributed by atoms with Crippen LogP contribution in [0.25, 0.3) is 0 Å². The molecule has 7 rings (SSSR count). The second-order valence-corrected chi connectivity index (χ2v) is 13.4. The number of aromatic nitrogens is 2. The number of hydrogen-bond acceptors (Lipinski definition) is 12. The van der Waals surface area contributed by atoms with Gasteiger partial charge in [0.25, 0.3) is 23.6 Å². The van der Waals surface area contributed by atoms with Crippen LogP contribution in [0.15, 0.2) is 110 Å². The number of pyridine rings is 2. The van der Waals surface area contributed by atoms with Gasteiger partial charge in [-0.15, -0.1) is 0 Å². The van der Waals surface area contributed by atoms with Gasteiger partial charge in [0.1, 0.15) is 0 Å². The Balaban J connectivity index is 1.20. The molecule has 0 saturated heterocycles. The summed E-state index contributed by atoms with van der Waals surface area (Å²) in [5, 5.41) is 10.5. The average molecular weight is 631 g/mol. The first-order chi connectivity index (χ1) is 20.3. The smallest absolute Gasteiger partial charge is 0.284 e. The molecule has 0 atom stereocenters. The molecule has 3 aromatic rings. The van der Waals surface area contributed by atoms with Crippen molar-refractivity contribution in [3.63, 3.8) is 0 Å². The normalized spacial score (nSPS) is 17.6. The molecule has 4 aliphatic rings. The molecule has 0 aliphatic carbocycles. The highest BCUT2D eigenvalue weighted by Crippen LogP contribution is 2.60. The minimum absolute atomic E-state index is 0.121. The number of hydrogen-bond donors (Lipinski definition) is 2. The first kappa shape index (κ1) is 26.5. The molecule has 16 heteroatoms. The van der Waals surface area contributed by atoms with Crippen LogP contribution >= 0.6 is 47.0 Å². The topological polar surface area (TPSA) is 177 Å². The molecule has 0 fully saturated rings. The minimum atomic E-state index is -0.820. The molecule has 2 aromatic heterocycles. The number of amides is 4. The number of benzene rings is 1. The lowest BCUT2D eigenvalue weighted by molar-refractivity contribution is -0.115. The Morgan fingerprint density at radius 1 is 0.619 bits per heavy atom. The van der Waals surface area contributed by atoms with Crippen LogP contribution in [0, 0.1) is 0 Å². The number of carbonyl (C=O) groups excluding carboxylic acids is 4. The van der Waals surface area contributed by atoms with Gasteiger partial charge in [-0.25, -0.2) is 9.97 Å². The van der Waals surface area contributed by atoms with Crippen LogP contribution in [0.3, 0.4) is 0 Å². The van der Waals surface area contributed by atoms with E-state index in [9.17, 15) is 19.2 Å². The number of carbonyl (C=O) groups is 4. The van der Waals surface area contributed by atoms with Crippen molar-refractivity contribution >= 4 is 93.7 Å². The molecular weight excluding hydrogens is 617 g/mol. The Bertz CT molecular complexity index is 1720. The van der Waals surface area contributed by atoms with Gasteiger partial charge in [-0.2, -0.15) is 20.2 Å². The van der Waals surface area contributed by atoms with Crippen LogP contribution in [0.5, 0.6) is 0 Å². The predicted octanol–water partition coefficient (Wildman–Crippen LogP) is 3.07. The summed E-state index contributed by atoms with van der Waals surface area (Å²) in [7, 11) is 0. The van der Waals surface area contributed by atoms with Crippen molar-refractivity contribution in [2.24, 2.45) is 21.7 Å². The van der Waals surface area contributed by atoms with Gasteiger partial charge >= 0.3 is 0 Å². The fraction of sp³-hybridized carbons (Fsp3) is 0. The molecule has 0 bridgehead atoms. The summed E-state index contributed by atoms with van der Waals surface area (Å²) in [6, 6.07) is 13.9. The van der Waals surface area contributed by atoms with Gasteiger partial charge in [0.2, 0.25) is 0 Å². The van der Waals surface area contributed by atoms with E-state index in [1.807, 2.05) is 12.1 Å². The largest absolute Gasteiger partial charge is 0.364 e. The number of thioether (sulfide) groups is 4. The van der Waals surface area contributed by atoms with E-state index in [4.69, 9.17) is 11.5 Å². The number of rotatable bonds is 4. The molecule has 12 nitrogen and oxygen atoms in total. The first-order valence-electron chi connectivity index (χ1n) is 12.0. The van der Waals surface area contributed by atoms with Gasteiger partial charge in [-0.3, -0.25) is 19.2 Å². The summed E-state index contributed by atoms with van der Waals surface area (Å²) in [4.78, 5) is 63.0. The minimum Gasteiger partial charge on any atom is -0.364 e. The van der Waals surface area contributed by atoms with Crippen LogP contribution in [0.1, 0.15) is 0 Å². The summed E-state index contributed by atoms with van der Waals surface area (Å²) < 4.78 is 1.15. The van der Waals surface area contributed by atoms with Crippen LogP contribution in [0.4, 0.5) is 11.6 Å². The van der Waals surface area contributed by atoms with Crippen LogP contribution in [-0.2, 0) is 19.2 Å². The molecule has 42 heavy (non-hydrogen) atoms. The number of nitrogens with two attached hydrogens (primary N) is 2. The fourth-order valence-electron chi connectivity index (χ4n) is 4.27. The third-order valence-corrected chi connectivity index (χ3v) is 11.2. The Morgan fingerprint density at radius 2 is 1.00 bits per heavy atom. The molecule has 0 spiro atoms. The highest BCUT2D eigenvalue weighted by atomic mass is 32.2. The lowest BCUT2D eigenvalue weighted by Crippen LogP contribution is -2.26. The number of anilines is 2. The van der Waals surface area contributed by atoms with E-state index < -0.39 is 23.6 Å². The van der Waals surface area contributed by atoms with Crippen molar-refractivity contribution < 1.29 is 19.2 Å². The Morgan fingerprint density at radius 3 is 1.31 bits per heavy atom. The Labute approximate surface area is 253 Å². The Kier molecular flexibility index (Phi) is 6.41. The van der Waals surface area contributed by atoms with E-state index in [1.165, 1.54) is 59.4 Å². The predicted molar refractivity (Wildman–Crippen MR) is 161 cm³/mol. The van der Waals surface area contributed by atoms with E-state index in [0.717, 1.165) is 29.6 Å². The van der Waals surface area contributed by atoms with E-state index >= 15 is 0 Å².